The summed E-state index contributed by atoms with van der Waals surface area (Å²) in [5.41, 5.74) is 5.27. The zero-order valence-electron chi connectivity index (χ0n) is 22.4. The minimum absolute atomic E-state index is 0.0207. The lowest BCUT2D eigenvalue weighted by Gasteiger charge is -2.43. The van der Waals surface area contributed by atoms with Crippen LogP contribution in [-0.2, 0) is 16.8 Å². The molecule has 2 amide bonds. The van der Waals surface area contributed by atoms with Gasteiger partial charge >= 0.3 is 6.09 Å². The summed E-state index contributed by atoms with van der Waals surface area (Å²) in [5.74, 6) is 0.301. The second kappa shape index (κ2) is 12.4. The number of anilines is 1. The molecule has 12 heteroatoms. The van der Waals surface area contributed by atoms with E-state index in [9.17, 15) is 20.0 Å². The monoisotopic (exact) mass is 540 g/mol. The third kappa shape index (κ3) is 6.21. The normalized spacial score (nSPS) is 18.9. The minimum atomic E-state index is -1.54. The van der Waals surface area contributed by atoms with Gasteiger partial charge in [-0.15, -0.1) is 0 Å². The quantitative estimate of drug-likeness (QED) is 0.400. The summed E-state index contributed by atoms with van der Waals surface area (Å²) in [6.45, 7) is 6.58. The van der Waals surface area contributed by atoms with Crippen LogP contribution in [0.1, 0.15) is 48.4 Å². The maximum Gasteiger partial charge on any atom is 0.412 e. The topological polar surface area (TPSA) is 160 Å². The van der Waals surface area contributed by atoms with Crippen molar-refractivity contribution in [3.8, 4) is 23.1 Å². The SMILES string of the molecule is CC.COC(=O)Nc1nn(C2(CC#N)CCN(Cc3ccc(-c4ccc(C)o4)c(O)c3)CC2F)cc1C(N)=O. The lowest BCUT2D eigenvalue weighted by Crippen LogP contribution is -2.54. The number of halogens is 1. The number of carbonyl (C=O) groups excluding carboxylic acids is 2. The van der Waals surface area contributed by atoms with E-state index in [-0.39, 0.29) is 36.5 Å². The number of furan rings is 1. The Balaban J connectivity index is 0.00000205. The molecule has 4 N–H and O–H groups in total. The van der Waals surface area contributed by atoms with Crippen LogP contribution in [0.3, 0.4) is 0 Å². The Labute approximate surface area is 225 Å². The lowest BCUT2D eigenvalue weighted by atomic mass is 9.83. The van der Waals surface area contributed by atoms with Crippen molar-refractivity contribution in [2.75, 3.05) is 25.5 Å². The Morgan fingerprint density at radius 3 is 2.67 bits per heavy atom. The molecule has 1 aliphatic heterocycles. The number of ether oxygens (including phenoxy) is 1. The third-order valence-electron chi connectivity index (χ3n) is 6.56. The number of nitrogens with one attached hydrogen (secondary N) is 1. The number of alkyl halides is 1. The number of aryl methyl sites for hydroxylation is 1. The number of likely N-dealkylation sites (tertiary alicyclic amines) is 1. The summed E-state index contributed by atoms with van der Waals surface area (Å²) in [6, 6.07) is 10.8. The van der Waals surface area contributed by atoms with Gasteiger partial charge in [0, 0.05) is 25.8 Å². The van der Waals surface area contributed by atoms with Gasteiger partial charge in [0.1, 0.15) is 34.5 Å². The Morgan fingerprint density at radius 2 is 2.10 bits per heavy atom. The Morgan fingerprint density at radius 1 is 1.36 bits per heavy atom. The number of primary amides is 1. The van der Waals surface area contributed by atoms with Crippen molar-refractivity contribution >= 4 is 17.8 Å². The summed E-state index contributed by atoms with van der Waals surface area (Å²) < 4.78 is 27.2. The fourth-order valence-corrected chi connectivity index (χ4v) is 4.56. The van der Waals surface area contributed by atoms with Gasteiger partial charge in [-0.25, -0.2) is 9.18 Å². The highest BCUT2D eigenvalue weighted by Crippen LogP contribution is 2.38. The first-order valence-electron chi connectivity index (χ1n) is 12.5. The average Bonchev–Trinajstić information content (AvgIpc) is 3.54. The van der Waals surface area contributed by atoms with E-state index in [1.54, 1.807) is 18.2 Å². The molecule has 3 heterocycles. The van der Waals surface area contributed by atoms with Crippen molar-refractivity contribution in [1.29, 1.82) is 5.26 Å². The number of aromatic nitrogens is 2. The molecular formula is C27H33FN6O5. The predicted octanol–water partition coefficient (Wildman–Crippen LogP) is 4.31. The molecule has 1 aromatic carbocycles. The highest BCUT2D eigenvalue weighted by molar-refractivity contribution is 6.00. The molecule has 2 unspecified atom stereocenters. The first-order valence-corrected chi connectivity index (χ1v) is 12.5. The van der Waals surface area contributed by atoms with Crippen molar-refractivity contribution < 1.29 is 28.2 Å². The molecule has 1 saturated heterocycles. The molecule has 208 valence electrons. The van der Waals surface area contributed by atoms with E-state index in [1.165, 1.54) is 10.9 Å². The maximum absolute atomic E-state index is 15.8. The number of phenols is 1. The van der Waals surface area contributed by atoms with Crippen LogP contribution in [0.25, 0.3) is 11.3 Å². The molecule has 11 nitrogen and oxygen atoms in total. The Bertz CT molecular complexity index is 1360. The van der Waals surface area contributed by atoms with Gasteiger partial charge in [-0.1, -0.05) is 19.9 Å². The Kier molecular flexibility index (Phi) is 9.32. The lowest BCUT2D eigenvalue weighted by molar-refractivity contribution is 0.00693. The number of piperidine rings is 1. The molecule has 39 heavy (non-hydrogen) atoms. The number of carbonyl (C=O) groups is 2. The minimum Gasteiger partial charge on any atom is -0.507 e. The van der Waals surface area contributed by atoms with Crippen LogP contribution < -0.4 is 11.1 Å². The highest BCUT2D eigenvalue weighted by Gasteiger charge is 2.46. The van der Waals surface area contributed by atoms with Gasteiger partial charge in [-0.2, -0.15) is 10.4 Å². The predicted molar refractivity (Wildman–Crippen MR) is 142 cm³/mol. The van der Waals surface area contributed by atoms with Crippen molar-refractivity contribution in [1.82, 2.24) is 14.7 Å². The van der Waals surface area contributed by atoms with Crippen LogP contribution in [0.5, 0.6) is 5.75 Å². The van der Waals surface area contributed by atoms with Gasteiger partial charge in [-0.05, 0) is 43.2 Å². The average molecular weight is 541 g/mol. The van der Waals surface area contributed by atoms with E-state index in [0.717, 1.165) is 18.4 Å². The van der Waals surface area contributed by atoms with Crippen LogP contribution in [0.2, 0.25) is 0 Å². The molecule has 0 aliphatic carbocycles. The number of benzene rings is 1. The largest absolute Gasteiger partial charge is 0.507 e. The molecule has 2 aromatic heterocycles. The van der Waals surface area contributed by atoms with Crippen molar-refractivity contribution in [3.05, 3.63) is 53.4 Å². The summed E-state index contributed by atoms with van der Waals surface area (Å²) in [7, 11) is 1.14. The Hall–Kier alpha value is -4.37. The number of rotatable bonds is 7. The van der Waals surface area contributed by atoms with E-state index in [4.69, 9.17) is 10.2 Å². The van der Waals surface area contributed by atoms with Crippen LogP contribution >= 0.6 is 0 Å². The van der Waals surface area contributed by atoms with Gasteiger partial charge in [0.25, 0.3) is 5.91 Å². The fourth-order valence-electron chi connectivity index (χ4n) is 4.56. The van der Waals surface area contributed by atoms with Crippen LogP contribution in [0.4, 0.5) is 15.0 Å². The van der Waals surface area contributed by atoms with E-state index < -0.39 is 23.7 Å². The summed E-state index contributed by atoms with van der Waals surface area (Å²) in [5, 5.41) is 26.5. The number of amides is 2. The fraction of sp³-hybridized carbons (Fsp3) is 0.407. The number of hydrogen-bond donors (Lipinski definition) is 3. The summed E-state index contributed by atoms with van der Waals surface area (Å²) in [4.78, 5) is 25.5. The number of methoxy groups -OCH3 is 1. The molecule has 0 radical (unpaired) electrons. The third-order valence-corrected chi connectivity index (χ3v) is 6.56. The highest BCUT2D eigenvalue weighted by atomic mass is 19.1. The number of nitriles is 1. The molecule has 0 spiro atoms. The zero-order chi connectivity index (χ0) is 28.7. The van der Waals surface area contributed by atoms with Crippen molar-refractivity contribution in [2.45, 2.75) is 51.9 Å². The van der Waals surface area contributed by atoms with Crippen LogP contribution in [0.15, 0.2) is 40.9 Å². The molecule has 3 aromatic rings. The molecule has 1 aliphatic rings. The second-order valence-corrected chi connectivity index (χ2v) is 8.97. The standard InChI is InChI=1S/C25H27FN6O5.C2H6/c1-15-3-6-20(37-15)17-5-4-16(11-19(17)33)12-31-10-8-25(7-9-27,21(26)14-31)32-13-18(22(28)34)23(30-32)29-24(35)36-2;1-2/h3-6,11,13,21,33H,7-8,10,12,14H2,1-2H3,(H2,28,34)(H,29,30,35);1-2H3. The van der Waals surface area contributed by atoms with Crippen LogP contribution in [0, 0.1) is 18.3 Å². The second-order valence-electron chi connectivity index (χ2n) is 8.97. The van der Waals surface area contributed by atoms with Gasteiger partial charge < -0.3 is 20.0 Å². The number of nitrogens with two attached hydrogens (primary N) is 1. The first kappa shape index (κ1) is 29.2. The van der Waals surface area contributed by atoms with E-state index in [2.05, 4.69) is 15.2 Å². The molecule has 2 atom stereocenters. The van der Waals surface area contributed by atoms with E-state index >= 15 is 4.39 Å². The first-order chi connectivity index (χ1) is 18.7. The molecule has 1 fully saturated rings. The smallest absolute Gasteiger partial charge is 0.412 e. The van der Waals surface area contributed by atoms with E-state index in [0.29, 0.717) is 24.4 Å². The van der Waals surface area contributed by atoms with Gasteiger partial charge in [0.15, 0.2) is 5.82 Å². The molecule has 0 saturated carbocycles. The number of nitrogens with zero attached hydrogens (tertiary/aromatic N) is 4. The van der Waals surface area contributed by atoms with Crippen molar-refractivity contribution in [3.63, 3.8) is 0 Å². The van der Waals surface area contributed by atoms with E-state index in [1.807, 2.05) is 43.9 Å². The number of phenolic OH excluding ortho intramolecular Hbond substituents is 1. The number of hydrogen-bond acceptors (Lipinski definition) is 8. The summed E-state index contributed by atoms with van der Waals surface area (Å²) in [6.07, 6.45) is -1.16. The van der Waals surface area contributed by atoms with Gasteiger partial charge in [0.2, 0.25) is 0 Å². The molecule has 4 rings (SSSR count). The van der Waals surface area contributed by atoms with Gasteiger partial charge in [0.05, 0.1) is 25.2 Å². The van der Waals surface area contributed by atoms with Crippen LogP contribution in [-0.4, -0.2) is 58.2 Å². The summed E-state index contributed by atoms with van der Waals surface area (Å²) >= 11 is 0. The molecule has 0 bridgehead atoms. The molecular weight excluding hydrogens is 507 g/mol. The van der Waals surface area contributed by atoms with Crippen molar-refractivity contribution in [2.24, 2.45) is 5.73 Å². The zero-order valence-corrected chi connectivity index (χ0v) is 22.4. The number of aromatic hydroxyl groups is 1. The van der Waals surface area contributed by atoms with Gasteiger partial charge in [-0.3, -0.25) is 19.7 Å². The maximum atomic E-state index is 15.8.